The third kappa shape index (κ3) is 4.40. The Kier molecular flexibility index (Phi) is 5.27. The van der Waals surface area contributed by atoms with Crippen molar-refractivity contribution in [2.24, 2.45) is 0 Å². The van der Waals surface area contributed by atoms with Gasteiger partial charge in [-0.1, -0.05) is 30.3 Å². The SMILES string of the molecule is CCONC(C)CCc1ccccc1. The summed E-state index contributed by atoms with van der Waals surface area (Å²) in [6.45, 7) is 4.84. The van der Waals surface area contributed by atoms with Crippen LogP contribution in [0.4, 0.5) is 0 Å². The maximum absolute atomic E-state index is 5.13. The summed E-state index contributed by atoms with van der Waals surface area (Å²) in [7, 11) is 0. The van der Waals surface area contributed by atoms with Gasteiger partial charge in [-0.2, -0.15) is 5.48 Å². The summed E-state index contributed by atoms with van der Waals surface area (Å²) >= 11 is 0. The molecular weight excluding hydrogens is 174 g/mol. The van der Waals surface area contributed by atoms with Crippen LogP contribution in [0.2, 0.25) is 0 Å². The van der Waals surface area contributed by atoms with Crippen molar-refractivity contribution >= 4 is 0 Å². The fraction of sp³-hybridized carbons (Fsp3) is 0.500. The molecule has 0 aromatic heterocycles. The van der Waals surface area contributed by atoms with Crippen LogP contribution >= 0.6 is 0 Å². The van der Waals surface area contributed by atoms with E-state index in [1.165, 1.54) is 5.56 Å². The normalized spacial score (nSPS) is 12.7. The molecule has 0 saturated carbocycles. The zero-order valence-electron chi connectivity index (χ0n) is 8.99. The van der Waals surface area contributed by atoms with Crippen molar-refractivity contribution < 1.29 is 4.84 Å². The Morgan fingerprint density at radius 1 is 1.29 bits per heavy atom. The lowest BCUT2D eigenvalue weighted by atomic mass is 10.1. The minimum absolute atomic E-state index is 0.412. The monoisotopic (exact) mass is 193 g/mol. The molecule has 0 aliphatic carbocycles. The van der Waals surface area contributed by atoms with Crippen LogP contribution in [0.25, 0.3) is 0 Å². The first-order valence-corrected chi connectivity index (χ1v) is 5.24. The van der Waals surface area contributed by atoms with E-state index < -0.39 is 0 Å². The molecule has 0 radical (unpaired) electrons. The molecule has 0 bridgehead atoms. The second kappa shape index (κ2) is 6.57. The first-order valence-electron chi connectivity index (χ1n) is 5.24. The van der Waals surface area contributed by atoms with Gasteiger partial charge in [-0.3, -0.25) is 0 Å². The number of hydroxylamine groups is 1. The van der Waals surface area contributed by atoms with Gasteiger partial charge in [-0.25, -0.2) is 0 Å². The lowest BCUT2D eigenvalue weighted by Gasteiger charge is -2.12. The molecule has 0 fully saturated rings. The highest BCUT2D eigenvalue weighted by Crippen LogP contribution is 2.04. The van der Waals surface area contributed by atoms with Crippen LogP contribution in [0.15, 0.2) is 30.3 Å². The van der Waals surface area contributed by atoms with Gasteiger partial charge in [0.15, 0.2) is 0 Å². The number of aryl methyl sites for hydroxylation is 1. The van der Waals surface area contributed by atoms with E-state index in [2.05, 4.69) is 36.7 Å². The predicted molar refractivity (Wildman–Crippen MR) is 59.0 cm³/mol. The number of rotatable bonds is 6. The van der Waals surface area contributed by atoms with E-state index in [9.17, 15) is 0 Å². The van der Waals surface area contributed by atoms with E-state index in [4.69, 9.17) is 4.84 Å². The molecular formula is C12H19NO. The number of hydrogen-bond acceptors (Lipinski definition) is 2. The lowest BCUT2D eigenvalue weighted by molar-refractivity contribution is 0.0270. The summed E-state index contributed by atoms with van der Waals surface area (Å²) in [5, 5.41) is 0. The van der Waals surface area contributed by atoms with Crippen molar-refractivity contribution in [1.29, 1.82) is 0 Å². The lowest BCUT2D eigenvalue weighted by Crippen LogP contribution is -2.26. The van der Waals surface area contributed by atoms with Gasteiger partial charge in [-0.15, -0.1) is 0 Å². The summed E-state index contributed by atoms with van der Waals surface area (Å²) in [5.41, 5.74) is 4.39. The van der Waals surface area contributed by atoms with Crippen LogP contribution in [0.1, 0.15) is 25.8 Å². The summed E-state index contributed by atoms with van der Waals surface area (Å²) in [4.78, 5) is 5.13. The first kappa shape index (κ1) is 11.2. The molecule has 2 nitrogen and oxygen atoms in total. The zero-order chi connectivity index (χ0) is 10.2. The highest BCUT2D eigenvalue weighted by molar-refractivity contribution is 5.14. The average molecular weight is 193 g/mol. The standard InChI is InChI=1S/C12H19NO/c1-3-14-13-11(2)9-10-12-7-5-4-6-8-12/h4-8,11,13H,3,9-10H2,1-2H3. The topological polar surface area (TPSA) is 21.3 Å². The highest BCUT2D eigenvalue weighted by atomic mass is 16.6. The number of hydrogen-bond donors (Lipinski definition) is 1. The van der Waals surface area contributed by atoms with Gasteiger partial charge in [0, 0.05) is 6.04 Å². The Labute approximate surface area is 86.2 Å². The first-order chi connectivity index (χ1) is 6.83. The van der Waals surface area contributed by atoms with Crippen molar-refractivity contribution in [3.8, 4) is 0 Å². The largest absolute Gasteiger partial charge is 0.302 e. The van der Waals surface area contributed by atoms with Gasteiger partial charge in [0.05, 0.1) is 6.61 Å². The summed E-state index contributed by atoms with van der Waals surface area (Å²) in [6, 6.07) is 10.9. The van der Waals surface area contributed by atoms with E-state index in [1.54, 1.807) is 0 Å². The molecule has 2 heteroatoms. The highest BCUT2D eigenvalue weighted by Gasteiger charge is 2.00. The van der Waals surface area contributed by atoms with E-state index in [-0.39, 0.29) is 0 Å². The Morgan fingerprint density at radius 3 is 2.64 bits per heavy atom. The van der Waals surface area contributed by atoms with Gasteiger partial charge in [0.25, 0.3) is 0 Å². The van der Waals surface area contributed by atoms with Gasteiger partial charge >= 0.3 is 0 Å². The molecule has 0 heterocycles. The maximum atomic E-state index is 5.13. The quantitative estimate of drug-likeness (QED) is 0.701. The Hall–Kier alpha value is -0.860. The fourth-order valence-electron chi connectivity index (χ4n) is 1.31. The average Bonchev–Trinajstić information content (AvgIpc) is 2.25. The van der Waals surface area contributed by atoms with Crippen molar-refractivity contribution in [3.63, 3.8) is 0 Å². The molecule has 0 saturated heterocycles. The van der Waals surface area contributed by atoms with Gasteiger partial charge in [0.2, 0.25) is 0 Å². The summed E-state index contributed by atoms with van der Waals surface area (Å²) < 4.78 is 0. The van der Waals surface area contributed by atoms with Crippen LogP contribution < -0.4 is 5.48 Å². The fourth-order valence-corrected chi connectivity index (χ4v) is 1.31. The van der Waals surface area contributed by atoms with Crippen LogP contribution in [-0.2, 0) is 11.3 Å². The van der Waals surface area contributed by atoms with Crippen molar-refractivity contribution in [2.45, 2.75) is 32.7 Å². The molecule has 0 amide bonds. The second-order valence-corrected chi connectivity index (χ2v) is 3.48. The molecule has 0 spiro atoms. The van der Waals surface area contributed by atoms with Crippen molar-refractivity contribution in [1.82, 2.24) is 5.48 Å². The molecule has 1 aromatic carbocycles. The maximum Gasteiger partial charge on any atom is 0.0654 e. The van der Waals surface area contributed by atoms with E-state index >= 15 is 0 Å². The Balaban J connectivity index is 2.20. The number of nitrogens with one attached hydrogen (secondary N) is 1. The number of benzene rings is 1. The molecule has 1 atom stereocenters. The summed E-state index contributed by atoms with van der Waals surface area (Å²) in [5.74, 6) is 0. The van der Waals surface area contributed by atoms with Crippen LogP contribution in [-0.4, -0.2) is 12.6 Å². The molecule has 0 aliphatic heterocycles. The van der Waals surface area contributed by atoms with Crippen LogP contribution in [0.3, 0.4) is 0 Å². The predicted octanol–water partition coefficient (Wildman–Crippen LogP) is 2.55. The Morgan fingerprint density at radius 2 is 2.00 bits per heavy atom. The van der Waals surface area contributed by atoms with Gasteiger partial charge in [0.1, 0.15) is 0 Å². The molecule has 14 heavy (non-hydrogen) atoms. The minimum Gasteiger partial charge on any atom is -0.302 e. The van der Waals surface area contributed by atoms with E-state index in [0.717, 1.165) is 19.4 Å². The molecule has 1 aromatic rings. The smallest absolute Gasteiger partial charge is 0.0654 e. The minimum atomic E-state index is 0.412. The van der Waals surface area contributed by atoms with Crippen molar-refractivity contribution in [2.75, 3.05) is 6.61 Å². The Bertz CT molecular complexity index is 235. The van der Waals surface area contributed by atoms with E-state index in [1.807, 2.05) is 13.0 Å². The molecule has 78 valence electrons. The zero-order valence-corrected chi connectivity index (χ0v) is 8.99. The van der Waals surface area contributed by atoms with Crippen LogP contribution in [0, 0.1) is 0 Å². The van der Waals surface area contributed by atoms with Gasteiger partial charge < -0.3 is 4.84 Å². The van der Waals surface area contributed by atoms with Gasteiger partial charge in [-0.05, 0) is 32.3 Å². The van der Waals surface area contributed by atoms with Crippen molar-refractivity contribution in [3.05, 3.63) is 35.9 Å². The molecule has 1 N–H and O–H groups in total. The summed E-state index contributed by atoms with van der Waals surface area (Å²) in [6.07, 6.45) is 2.20. The molecule has 1 unspecified atom stereocenters. The van der Waals surface area contributed by atoms with Crippen LogP contribution in [0.5, 0.6) is 0 Å². The third-order valence-electron chi connectivity index (χ3n) is 2.14. The molecule has 0 aliphatic rings. The third-order valence-corrected chi connectivity index (χ3v) is 2.14. The van der Waals surface area contributed by atoms with E-state index in [0.29, 0.717) is 6.04 Å². The second-order valence-electron chi connectivity index (χ2n) is 3.48. The molecule has 1 rings (SSSR count).